The van der Waals surface area contributed by atoms with Gasteiger partial charge in [0.05, 0.1) is 0 Å². The monoisotopic (exact) mass is 361 g/mol. The number of carbonyl (C=O) groups is 1. The molecule has 27 heavy (non-hydrogen) atoms. The second-order valence-electron chi connectivity index (χ2n) is 7.40. The van der Waals surface area contributed by atoms with Gasteiger partial charge in [-0.15, -0.1) is 0 Å². The predicted molar refractivity (Wildman–Crippen MR) is 110 cm³/mol. The summed E-state index contributed by atoms with van der Waals surface area (Å²) in [6, 6.07) is 16.3. The number of carbonyl (C=O) groups excluding carboxylic acids is 1. The Bertz CT molecular complexity index is 891. The first kappa shape index (κ1) is 17.8. The molecule has 0 unspecified atom stereocenters. The van der Waals surface area contributed by atoms with Gasteiger partial charge in [0.25, 0.3) is 5.91 Å². The summed E-state index contributed by atoms with van der Waals surface area (Å²) in [5.74, 6) is -0.000589. The molecule has 1 amide bonds. The Hall–Kier alpha value is -2.59. The van der Waals surface area contributed by atoms with Crippen molar-refractivity contribution >= 4 is 16.8 Å². The molecule has 0 spiro atoms. The first-order valence-corrected chi connectivity index (χ1v) is 9.94. The first-order valence-electron chi connectivity index (χ1n) is 9.94. The van der Waals surface area contributed by atoms with E-state index in [0.717, 1.165) is 24.0 Å². The van der Waals surface area contributed by atoms with Gasteiger partial charge in [-0.25, -0.2) is 0 Å². The SMILES string of the molecule is O=C(NCCc1c[nH]c2ccccc12)c1ccc(CN2CCCCC2)cc1. The predicted octanol–water partition coefficient (Wildman–Crippen LogP) is 4.13. The van der Waals surface area contributed by atoms with Crippen LogP contribution in [0.3, 0.4) is 0 Å². The number of hydrogen-bond donors (Lipinski definition) is 2. The molecular weight excluding hydrogens is 334 g/mol. The molecule has 0 saturated carbocycles. The van der Waals surface area contributed by atoms with Crippen LogP contribution in [0.25, 0.3) is 10.9 Å². The van der Waals surface area contributed by atoms with Crippen LogP contribution in [0.5, 0.6) is 0 Å². The number of rotatable bonds is 6. The molecule has 1 aromatic heterocycles. The highest BCUT2D eigenvalue weighted by Crippen LogP contribution is 2.18. The normalized spacial score (nSPS) is 15.1. The number of H-pyrrole nitrogens is 1. The lowest BCUT2D eigenvalue weighted by Crippen LogP contribution is -2.29. The van der Waals surface area contributed by atoms with E-state index in [4.69, 9.17) is 0 Å². The molecule has 1 aliphatic heterocycles. The maximum atomic E-state index is 12.4. The molecule has 2 heterocycles. The fourth-order valence-electron chi connectivity index (χ4n) is 3.89. The smallest absolute Gasteiger partial charge is 0.251 e. The molecule has 4 nitrogen and oxygen atoms in total. The van der Waals surface area contributed by atoms with E-state index < -0.39 is 0 Å². The van der Waals surface area contributed by atoms with Crippen molar-refractivity contribution in [2.24, 2.45) is 0 Å². The zero-order valence-corrected chi connectivity index (χ0v) is 15.7. The van der Waals surface area contributed by atoms with Crippen LogP contribution in [-0.4, -0.2) is 35.4 Å². The molecule has 4 rings (SSSR count). The molecule has 0 bridgehead atoms. The molecule has 3 aromatic rings. The topological polar surface area (TPSA) is 48.1 Å². The Kier molecular flexibility index (Phi) is 5.54. The average Bonchev–Trinajstić information content (AvgIpc) is 3.12. The molecule has 2 N–H and O–H groups in total. The van der Waals surface area contributed by atoms with Gasteiger partial charge in [-0.3, -0.25) is 9.69 Å². The number of aromatic amines is 1. The van der Waals surface area contributed by atoms with E-state index in [9.17, 15) is 4.79 Å². The zero-order chi connectivity index (χ0) is 18.5. The number of fused-ring (bicyclic) bond motifs is 1. The van der Waals surface area contributed by atoms with Crippen molar-refractivity contribution in [3.63, 3.8) is 0 Å². The van der Waals surface area contributed by atoms with Gasteiger partial charge in [-0.05, 0) is 61.7 Å². The van der Waals surface area contributed by atoms with Crippen molar-refractivity contribution in [2.75, 3.05) is 19.6 Å². The summed E-state index contributed by atoms with van der Waals surface area (Å²) in [7, 11) is 0. The number of nitrogens with zero attached hydrogens (tertiary/aromatic N) is 1. The number of amides is 1. The highest BCUT2D eigenvalue weighted by atomic mass is 16.1. The minimum absolute atomic E-state index is 0.000589. The number of para-hydroxylation sites is 1. The third-order valence-electron chi connectivity index (χ3n) is 5.43. The van der Waals surface area contributed by atoms with Gasteiger partial charge in [-0.1, -0.05) is 36.8 Å². The van der Waals surface area contributed by atoms with E-state index in [0.29, 0.717) is 6.54 Å². The second-order valence-corrected chi connectivity index (χ2v) is 7.40. The number of nitrogens with one attached hydrogen (secondary N) is 2. The van der Waals surface area contributed by atoms with Gasteiger partial charge < -0.3 is 10.3 Å². The summed E-state index contributed by atoms with van der Waals surface area (Å²) in [4.78, 5) is 18.2. The maximum absolute atomic E-state index is 12.4. The largest absolute Gasteiger partial charge is 0.361 e. The fraction of sp³-hybridized carbons (Fsp3) is 0.348. The van der Waals surface area contributed by atoms with Crippen molar-refractivity contribution in [1.82, 2.24) is 15.2 Å². The highest BCUT2D eigenvalue weighted by Gasteiger charge is 2.11. The third kappa shape index (κ3) is 4.40. The van der Waals surface area contributed by atoms with Gasteiger partial charge in [0.1, 0.15) is 0 Å². The lowest BCUT2D eigenvalue weighted by atomic mass is 10.1. The van der Waals surface area contributed by atoms with Crippen LogP contribution in [0.4, 0.5) is 0 Å². The van der Waals surface area contributed by atoms with E-state index >= 15 is 0 Å². The number of likely N-dealkylation sites (tertiary alicyclic amines) is 1. The Morgan fingerprint density at radius 2 is 1.78 bits per heavy atom. The highest BCUT2D eigenvalue weighted by molar-refractivity contribution is 5.94. The third-order valence-corrected chi connectivity index (χ3v) is 5.43. The van der Waals surface area contributed by atoms with Crippen molar-refractivity contribution in [2.45, 2.75) is 32.2 Å². The van der Waals surface area contributed by atoms with Crippen molar-refractivity contribution in [1.29, 1.82) is 0 Å². The Morgan fingerprint density at radius 3 is 2.59 bits per heavy atom. The van der Waals surface area contributed by atoms with Gasteiger partial charge in [-0.2, -0.15) is 0 Å². The van der Waals surface area contributed by atoms with Crippen LogP contribution >= 0.6 is 0 Å². The van der Waals surface area contributed by atoms with Gasteiger partial charge in [0.15, 0.2) is 0 Å². The Balaban J connectivity index is 1.29. The standard InChI is InChI=1S/C23H27N3O/c27-23(24-13-12-20-16-25-22-7-3-2-6-21(20)22)19-10-8-18(9-11-19)17-26-14-4-1-5-15-26/h2-3,6-11,16,25H,1,4-5,12-15,17H2,(H,24,27). The zero-order valence-electron chi connectivity index (χ0n) is 15.7. The van der Waals surface area contributed by atoms with E-state index in [2.05, 4.69) is 39.5 Å². The van der Waals surface area contributed by atoms with Crippen LogP contribution in [0, 0.1) is 0 Å². The van der Waals surface area contributed by atoms with Gasteiger partial charge in [0, 0.05) is 35.8 Å². The quantitative estimate of drug-likeness (QED) is 0.694. The fourth-order valence-corrected chi connectivity index (χ4v) is 3.89. The van der Waals surface area contributed by atoms with Gasteiger partial charge >= 0.3 is 0 Å². The van der Waals surface area contributed by atoms with E-state index in [1.54, 1.807) is 0 Å². The summed E-state index contributed by atoms with van der Waals surface area (Å²) in [6.07, 6.45) is 6.82. The average molecular weight is 361 g/mol. The lowest BCUT2D eigenvalue weighted by molar-refractivity contribution is 0.0954. The number of hydrogen-bond acceptors (Lipinski definition) is 2. The molecule has 140 valence electrons. The van der Waals surface area contributed by atoms with Crippen LogP contribution in [0.2, 0.25) is 0 Å². The molecule has 1 fully saturated rings. The molecule has 2 aromatic carbocycles. The number of benzene rings is 2. The first-order chi connectivity index (χ1) is 13.3. The molecule has 1 saturated heterocycles. The molecule has 0 atom stereocenters. The summed E-state index contributed by atoms with van der Waals surface area (Å²) in [5, 5.41) is 4.27. The van der Waals surface area contributed by atoms with Crippen molar-refractivity contribution in [3.8, 4) is 0 Å². The van der Waals surface area contributed by atoms with E-state index in [-0.39, 0.29) is 5.91 Å². The number of piperidine rings is 1. The summed E-state index contributed by atoms with van der Waals surface area (Å²) in [6.45, 7) is 4.00. The van der Waals surface area contributed by atoms with Crippen LogP contribution in [0.1, 0.15) is 40.7 Å². The van der Waals surface area contributed by atoms with Crippen LogP contribution < -0.4 is 5.32 Å². The van der Waals surface area contributed by atoms with E-state index in [1.807, 2.05) is 30.5 Å². The lowest BCUT2D eigenvalue weighted by Gasteiger charge is -2.26. The summed E-state index contributed by atoms with van der Waals surface area (Å²) >= 11 is 0. The molecule has 0 radical (unpaired) electrons. The molecule has 4 heteroatoms. The molecule has 1 aliphatic rings. The summed E-state index contributed by atoms with van der Waals surface area (Å²) < 4.78 is 0. The van der Waals surface area contributed by atoms with Crippen molar-refractivity contribution in [3.05, 3.63) is 71.4 Å². The molecule has 0 aliphatic carbocycles. The van der Waals surface area contributed by atoms with E-state index in [1.165, 1.54) is 48.9 Å². The van der Waals surface area contributed by atoms with Crippen molar-refractivity contribution < 1.29 is 4.79 Å². The Labute approximate surface area is 160 Å². The Morgan fingerprint density at radius 1 is 1.00 bits per heavy atom. The minimum Gasteiger partial charge on any atom is -0.361 e. The van der Waals surface area contributed by atoms with Crippen LogP contribution in [0.15, 0.2) is 54.7 Å². The molecular formula is C23H27N3O. The second kappa shape index (κ2) is 8.40. The minimum atomic E-state index is -0.000589. The maximum Gasteiger partial charge on any atom is 0.251 e. The van der Waals surface area contributed by atoms with Gasteiger partial charge in [0.2, 0.25) is 0 Å². The van der Waals surface area contributed by atoms with Crippen LogP contribution in [-0.2, 0) is 13.0 Å². The number of aromatic nitrogens is 1. The summed E-state index contributed by atoms with van der Waals surface area (Å²) in [5.41, 5.74) is 4.40.